The molecule has 31 heavy (non-hydrogen) atoms. The number of ether oxygens (including phenoxy) is 2. The Balaban J connectivity index is 3.03. The van der Waals surface area contributed by atoms with Crippen LogP contribution in [-0.2, 0) is 9.53 Å². The van der Waals surface area contributed by atoms with Gasteiger partial charge in [-0.25, -0.2) is 0 Å². The lowest BCUT2D eigenvalue weighted by molar-refractivity contribution is -0.125. The molecule has 1 amide bonds. The maximum Gasteiger partial charge on any atom is 0.272 e. The minimum atomic E-state index is -0.711. The number of benzene rings is 1. The Kier molecular flexibility index (Phi) is 10.4. The van der Waals surface area contributed by atoms with Gasteiger partial charge in [-0.3, -0.25) is 4.79 Å². The van der Waals surface area contributed by atoms with Crippen LogP contribution in [-0.4, -0.2) is 23.1 Å². The Hall–Kier alpha value is -2.66. The first-order chi connectivity index (χ1) is 14.6. The van der Waals surface area contributed by atoms with Gasteiger partial charge in [-0.15, -0.1) is 11.8 Å². The van der Waals surface area contributed by atoms with Crippen molar-refractivity contribution in [3.8, 4) is 5.75 Å². The van der Waals surface area contributed by atoms with Crippen LogP contribution < -0.4 is 20.5 Å². The van der Waals surface area contributed by atoms with Crippen molar-refractivity contribution in [3.63, 3.8) is 0 Å². The monoisotopic (exact) mass is 441 g/mol. The van der Waals surface area contributed by atoms with Crippen LogP contribution in [0.5, 0.6) is 5.75 Å². The van der Waals surface area contributed by atoms with Crippen LogP contribution in [0.25, 0.3) is 12.7 Å². The lowest BCUT2D eigenvalue weighted by atomic mass is 9.94. The molecule has 0 saturated carbocycles. The summed E-state index contributed by atoms with van der Waals surface area (Å²) in [7, 11) is 0. The summed E-state index contributed by atoms with van der Waals surface area (Å²) < 4.78 is 11.4. The Morgan fingerprint density at radius 2 is 2.03 bits per heavy atom. The Labute approximate surface area is 191 Å². The molecule has 1 rings (SSSR count). The van der Waals surface area contributed by atoms with Crippen molar-refractivity contribution in [3.05, 3.63) is 77.1 Å². The van der Waals surface area contributed by atoms with E-state index in [0.717, 1.165) is 27.3 Å². The summed E-state index contributed by atoms with van der Waals surface area (Å²) in [4.78, 5) is 13.0. The normalized spacial score (nSPS) is 14.1. The second-order valence-electron chi connectivity index (χ2n) is 7.61. The van der Waals surface area contributed by atoms with Crippen molar-refractivity contribution < 1.29 is 14.3 Å². The van der Waals surface area contributed by atoms with Gasteiger partial charge in [0, 0.05) is 6.42 Å². The molecule has 0 fully saturated rings. The van der Waals surface area contributed by atoms with Gasteiger partial charge in [-0.05, 0) is 68.2 Å². The fourth-order valence-electron chi connectivity index (χ4n) is 2.59. The number of thioether (sulfide) groups is 1. The van der Waals surface area contributed by atoms with Crippen LogP contribution in [0.1, 0.15) is 41.0 Å². The highest BCUT2D eigenvalue weighted by Crippen LogP contribution is 2.21. The van der Waals surface area contributed by atoms with E-state index in [2.05, 4.69) is 25.1 Å². The van der Waals surface area contributed by atoms with E-state index in [-0.39, 0.29) is 5.91 Å². The fraction of sp³-hybridized carbons (Fsp3) is 0.346. The molecule has 0 spiro atoms. The van der Waals surface area contributed by atoms with E-state index in [1.54, 1.807) is 0 Å². The van der Waals surface area contributed by atoms with Gasteiger partial charge in [0.1, 0.15) is 11.5 Å². The fourth-order valence-corrected chi connectivity index (χ4v) is 3.07. The van der Waals surface area contributed by atoms with Crippen molar-refractivity contribution in [2.75, 3.05) is 6.26 Å². The van der Waals surface area contributed by atoms with Gasteiger partial charge in [0.15, 0.2) is 0 Å². The number of amides is 1. The molecule has 0 aliphatic heterocycles. The maximum absolute atomic E-state index is 13.0. The smallest absolute Gasteiger partial charge is 0.272 e. The lowest BCUT2D eigenvalue weighted by Gasteiger charge is -2.29. The standard InChI is InChI=1S/C26H35NO3S/c1-10-18(4)15-21-17-23(14-13-19(21)5)30-25(31-9)24(28)27-26(7,8)20(6)16-22(11-2)29-12-3/h10,12-17,25H,3,5-6,11H2,1-2,4,7-9H3,(H,27,28). The highest BCUT2D eigenvalue weighted by atomic mass is 32.2. The van der Waals surface area contributed by atoms with Crippen molar-refractivity contribution in [1.29, 1.82) is 0 Å². The summed E-state index contributed by atoms with van der Waals surface area (Å²) >= 11 is 1.33. The van der Waals surface area contributed by atoms with Gasteiger partial charge in [0.25, 0.3) is 5.91 Å². The second-order valence-corrected chi connectivity index (χ2v) is 8.51. The van der Waals surface area contributed by atoms with Crippen LogP contribution >= 0.6 is 11.8 Å². The van der Waals surface area contributed by atoms with E-state index < -0.39 is 11.0 Å². The third-order valence-corrected chi connectivity index (χ3v) is 5.52. The molecule has 1 aromatic rings. The van der Waals surface area contributed by atoms with Gasteiger partial charge in [-0.2, -0.15) is 0 Å². The summed E-state index contributed by atoms with van der Waals surface area (Å²) in [6.45, 7) is 21.5. The molecule has 0 heterocycles. The quantitative estimate of drug-likeness (QED) is 0.304. The molecule has 0 aliphatic carbocycles. The van der Waals surface area contributed by atoms with Crippen molar-refractivity contribution in [2.45, 2.75) is 52.0 Å². The molecule has 0 aromatic heterocycles. The first-order valence-corrected chi connectivity index (χ1v) is 11.5. The molecule has 0 radical (unpaired) electrons. The molecule has 1 atom stereocenters. The topological polar surface area (TPSA) is 47.6 Å². The molecule has 4 nitrogen and oxygen atoms in total. The third kappa shape index (κ3) is 8.18. The van der Waals surface area contributed by atoms with E-state index in [1.807, 2.05) is 77.3 Å². The zero-order chi connectivity index (χ0) is 23.6. The summed E-state index contributed by atoms with van der Waals surface area (Å²) in [6, 6.07) is 5.62. The Bertz CT molecular complexity index is 973. The maximum atomic E-state index is 13.0. The summed E-state index contributed by atoms with van der Waals surface area (Å²) in [5, 5.41) is 4.89. The third-order valence-electron chi connectivity index (χ3n) is 4.78. The van der Waals surface area contributed by atoms with E-state index in [0.29, 0.717) is 12.2 Å². The average Bonchev–Trinajstić information content (AvgIpc) is 2.72. The zero-order valence-corrected chi connectivity index (χ0v) is 20.4. The van der Waals surface area contributed by atoms with Gasteiger partial charge in [0.2, 0.25) is 5.44 Å². The molecular formula is C26H35NO3S. The van der Waals surface area contributed by atoms with Crippen LogP contribution in [0.4, 0.5) is 0 Å². The zero-order valence-electron chi connectivity index (χ0n) is 19.6. The first-order valence-electron chi connectivity index (χ1n) is 10.2. The highest BCUT2D eigenvalue weighted by molar-refractivity contribution is 7.99. The van der Waals surface area contributed by atoms with Crippen LogP contribution in [0.15, 0.2) is 66.7 Å². The van der Waals surface area contributed by atoms with Crippen LogP contribution in [0.2, 0.25) is 0 Å². The number of carbonyl (C=O) groups excluding carboxylic acids is 1. The van der Waals surface area contributed by atoms with Gasteiger partial charge in [0.05, 0.1) is 11.8 Å². The molecule has 0 aliphatic rings. The van der Waals surface area contributed by atoms with Crippen molar-refractivity contribution >= 4 is 30.3 Å². The minimum absolute atomic E-state index is 0.233. The average molecular weight is 442 g/mol. The summed E-state index contributed by atoms with van der Waals surface area (Å²) in [6.07, 6.45) is 9.81. The number of carbonyl (C=O) groups is 1. The van der Waals surface area contributed by atoms with Gasteiger partial charge in [-0.1, -0.05) is 50.5 Å². The highest BCUT2D eigenvalue weighted by Gasteiger charge is 2.28. The number of hydrogen-bond acceptors (Lipinski definition) is 4. The van der Waals surface area contributed by atoms with E-state index in [4.69, 9.17) is 9.47 Å². The number of allylic oxidation sites excluding steroid dienone is 3. The predicted octanol–water partition coefficient (Wildman–Crippen LogP) is 4.82. The van der Waals surface area contributed by atoms with Gasteiger partial charge >= 0.3 is 0 Å². The molecule has 0 saturated heterocycles. The Morgan fingerprint density at radius 3 is 2.58 bits per heavy atom. The largest absolute Gasteiger partial charge is 0.470 e. The van der Waals surface area contributed by atoms with E-state index in [9.17, 15) is 4.79 Å². The van der Waals surface area contributed by atoms with Crippen LogP contribution in [0.3, 0.4) is 0 Å². The van der Waals surface area contributed by atoms with Crippen LogP contribution in [0, 0.1) is 0 Å². The summed E-state index contributed by atoms with van der Waals surface area (Å²) in [5.41, 5.74) is 0.455. The van der Waals surface area contributed by atoms with Gasteiger partial charge < -0.3 is 14.8 Å². The number of nitrogens with one attached hydrogen (secondary N) is 1. The molecule has 5 heteroatoms. The van der Waals surface area contributed by atoms with Crippen molar-refractivity contribution in [1.82, 2.24) is 5.32 Å². The minimum Gasteiger partial charge on any atom is -0.470 e. The lowest BCUT2D eigenvalue weighted by Crippen LogP contribution is -2.49. The molecule has 0 bridgehead atoms. The van der Waals surface area contributed by atoms with Crippen molar-refractivity contribution in [2.24, 2.45) is 0 Å². The van der Waals surface area contributed by atoms with E-state index >= 15 is 0 Å². The molecule has 168 valence electrons. The number of hydrogen-bond donors (Lipinski definition) is 1. The number of rotatable bonds is 11. The Morgan fingerprint density at radius 1 is 1.35 bits per heavy atom. The molecule has 1 aromatic carbocycles. The molecule has 1 N–H and O–H groups in total. The molecule has 1 unspecified atom stereocenters. The first kappa shape index (κ1) is 26.4. The summed E-state index contributed by atoms with van der Waals surface area (Å²) in [5.74, 6) is 1.11. The predicted molar refractivity (Wildman–Crippen MR) is 134 cm³/mol. The second kappa shape index (κ2) is 12.3. The molecular weight excluding hydrogens is 406 g/mol. The van der Waals surface area contributed by atoms with E-state index in [1.165, 1.54) is 18.0 Å². The SMILES string of the molecule is C=COC(=CC(=C)C(C)(C)NC(=O)C(Oc1ccc(=C)c(=CC(C)=CC)c1)SC)CC.